The van der Waals surface area contributed by atoms with Crippen LogP contribution in [0, 0.1) is 11.8 Å². The number of carbonyl (C=O) groups is 1. The van der Waals surface area contributed by atoms with Gasteiger partial charge in [0.25, 0.3) is 0 Å². The quantitative estimate of drug-likeness (QED) is 0.660. The first-order valence-electron chi connectivity index (χ1n) is 6.22. The Kier molecular flexibility index (Phi) is 2.81. The van der Waals surface area contributed by atoms with Gasteiger partial charge in [-0.1, -0.05) is 42.2 Å². The van der Waals surface area contributed by atoms with Gasteiger partial charge in [-0.15, -0.1) is 0 Å². The fourth-order valence-electron chi connectivity index (χ4n) is 2.46. The summed E-state index contributed by atoms with van der Waals surface area (Å²) in [4.78, 5) is 10.6. The first-order valence-corrected chi connectivity index (χ1v) is 6.22. The van der Waals surface area contributed by atoms with E-state index in [0.717, 1.165) is 12.0 Å². The zero-order valence-electron chi connectivity index (χ0n) is 10.4. The number of hydrogen-bond donors (Lipinski definition) is 1. The van der Waals surface area contributed by atoms with Gasteiger partial charge in [-0.2, -0.15) is 0 Å². The van der Waals surface area contributed by atoms with Crippen LogP contribution in [0.1, 0.15) is 23.1 Å². The van der Waals surface area contributed by atoms with Crippen LogP contribution < -0.4 is 5.73 Å². The maximum absolute atomic E-state index is 10.6. The number of carbonyl (C=O) groups excluding carboxylic acids is 1. The Bertz CT molecular complexity index is 720. The molecule has 92 valence electrons. The number of rotatable bonds is 1. The standard InChI is InChI=1S/C17H13NO/c18-17(19)7-3-4-12-8-9-16-14(10-12)11-13-5-1-2-6-15(13)16/h1-2,5-6,8-10H,7,11H2,(H2,18,19). The number of primary amides is 1. The molecule has 0 spiro atoms. The zero-order chi connectivity index (χ0) is 13.2. The van der Waals surface area contributed by atoms with Crippen LogP contribution in [-0.2, 0) is 11.2 Å². The number of nitrogens with two attached hydrogens (primary N) is 1. The van der Waals surface area contributed by atoms with Gasteiger partial charge in [0.2, 0.25) is 5.91 Å². The van der Waals surface area contributed by atoms with E-state index >= 15 is 0 Å². The third kappa shape index (κ3) is 2.23. The van der Waals surface area contributed by atoms with Crippen molar-refractivity contribution in [1.29, 1.82) is 0 Å². The largest absolute Gasteiger partial charge is 0.369 e. The molecule has 0 heterocycles. The summed E-state index contributed by atoms with van der Waals surface area (Å²) < 4.78 is 0. The minimum Gasteiger partial charge on any atom is -0.369 e. The van der Waals surface area contributed by atoms with Crippen molar-refractivity contribution in [2.75, 3.05) is 0 Å². The van der Waals surface area contributed by atoms with Crippen LogP contribution in [0.15, 0.2) is 42.5 Å². The van der Waals surface area contributed by atoms with E-state index < -0.39 is 0 Å². The lowest BCUT2D eigenvalue weighted by atomic mass is 10.0. The van der Waals surface area contributed by atoms with Crippen LogP contribution >= 0.6 is 0 Å². The summed E-state index contributed by atoms with van der Waals surface area (Å²) in [7, 11) is 0. The molecule has 0 aliphatic heterocycles. The third-order valence-corrected chi connectivity index (χ3v) is 3.29. The van der Waals surface area contributed by atoms with E-state index in [1.807, 2.05) is 6.07 Å². The Balaban J connectivity index is 1.93. The minimum absolute atomic E-state index is 0.108. The maximum Gasteiger partial charge on any atom is 0.229 e. The molecule has 19 heavy (non-hydrogen) atoms. The summed E-state index contributed by atoms with van der Waals surface area (Å²) in [6, 6.07) is 14.6. The highest BCUT2D eigenvalue weighted by Gasteiger charge is 2.17. The van der Waals surface area contributed by atoms with E-state index in [-0.39, 0.29) is 12.3 Å². The topological polar surface area (TPSA) is 43.1 Å². The third-order valence-electron chi connectivity index (χ3n) is 3.29. The van der Waals surface area contributed by atoms with Crippen molar-refractivity contribution in [2.24, 2.45) is 5.73 Å². The molecule has 2 nitrogen and oxygen atoms in total. The van der Waals surface area contributed by atoms with Crippen molar-refractivity contribution >= 4 is 5.91 Å². The summed E-state index contributed by atoms with van der Waals surface area (Å²) in [6.45, 7) is 0. The molecule has 2 N–H and O–H groups in total. The Morgan fingerprint density at radius 2 is 1.89 bits per heavy atom. The van der Waals surface area contributed by atoms with Crippen molar-refractivity contribution in [3.05, 3.63) is 59.2 Å². The molecule has 2 aromatic carbocycles. The number of benzene rings is 2. The second kappa shape index (κ2) is 4.62. The smallest absolute Gasteiger partial charge is 0.229 e. The van der Waals surface area contributed by atoms with Crippen LogP contribution in [0.5, 0.6) is 0 Å². The predicted molar refractivity (Wildman–Crippen MR) is 75.4 cm³/mol. The minimum atomic E-state index is -0.388. The highest BCUT2D eigenvalue weighted by atomic mass is 16.1. The molecular weight excluding hydrogens is 234 g/mol. The van der Waals surface area contributed by atoms with E-state index in [1.54, 1.807) is 0 Å². The lowest BCUT2D eigenvalue weighted by molar-refractivity contribution is -0.117. The van der Waals surface area contributed by atoms with Gasteiger partial charge in [0.1, 0.15) is 0 Å². The second-order valence-corrected chi connectivity index (χ2v) is 4.65. The summed E-state index contributed by atoms with van der Waals surface area (Å²) in [6.07, 6.45) is 1.06. The van der Waals surface area contributed by atoms with Crippen LogP contribution in [-0.4, -0.2) is 5.91 Å². The monoisotopic (exact) mass is 247 g/mol. The van der Waals surface area contributed by atoms with Crippen LogP contribution in [0.25, 0.3) is 11.1 Å². The van der Waals surface area contributed by atoms with E-state index in [0.29, 0.717) is 0 Å². The highest BCUT2D eigenvalue weighted by molar-refractivity contribution is 5.78. The number of fused-ring (bicyclic) bond motifs is 3. The molecule has 0 aromatic heterocycles. The van der Waals surface area contributed by atoms with Crippen molar-refractivity contribution in [2.45, 2.75) is 12.8 Å². The average molecular weight is 247 g/mol. The molecule has 1 amide bonds. The molecule has 0 unspecified atom stereocenters. The maximum atomic E-state index is 10.6. The lowest BCUT2D eigenvalue weighted by Gasteiger charge is -2.00. The molecule has 0 bridgehead atoms. The first-order chi connectivity index (χ1) is 9.24. The fourth-order valence-corrected chi connectivity index (χ4v) is 2.46. The molecule has 0 radical (unpaired) electrons. The molecule has 2 heteroatoms. The summed E-state index contributed by atoms with van der Waals surface area (Å²) in [5, 5.41) is 0. The van der Waals surface area contributed by atoms with E-state index in [2.05, 4.69) is 48.2 Å². The van der Waals surface area contributed by atoms with E-state index in [9.17, 15) is 4.79 Å². The van der Waals surface area contributed by atoms with Crippen molar-refractivity contribution in [3.63, 3.8) is 0 Å². The lowest BCUT2D eigenvalue weighted by Crippen LogP contribution is -2.08. The first kappa shape index (κ1) is 11.6. The van der Waals surface area contributed by atoms with Gasteiger partial charge < -0.3 is 5.73 Å². The zero-order valence-corrected chi connectivity index (χ0v) is 10.4. The Morgan fingerprint density at radius 1 is 1.11 bits per heavy atom. The molecular formula is C17H13NO. The van der Waals surface area contributed by atoms with Crippen LogP contribution in [0.4, 0.5) is 0 Å². The fraction of sp³-hybridized carbons (Fsp3) is 0.118. The van der Waals surface area contributed by atoms with Gasteiger partial charge in [0, 0.05) is 5.56 Å². The SMILES string of the molecule is NC(=O)CC#Cc1ccc2c(c1)Cc1ccccc1-2. The highest BCUT2D eigenvalue weighted by Crippen LogP contribution is 2.36. The molecule has 0 fully saturated rings. The molecule has 0 saturated heterocycles. The van der Waals surface area contributed by atoms with Crippen molar-refractivity contribution in [3.8, 4) is 23.0 Å². The molecule has 3 rings (SSSR count). The Morgan fingerprint density at radius 3 is 2.74 bits per heavy atom. The molecule has 0 atom stereocenters. The van der Waals surface area contributed by atoms with Crippen LogP contribution in [0.3, 0.4) is 0 Å². The summed E-state index contributed by atoms with van der Waals surface area (Å²) in [5.41, 5.74) is 11.3. The van der Waals surface area contributed by atoms with Crippen LogP contribution in [0.2, 0.25) is 0 Å². The average Bonchev–Trinajstić information content (AvgIpc) is 2.76. The molecule has 1 aliphatic carbocycles. The van der Waals surface area contributed by atoms with Gasteiger partial charge >= 0.3 is 0 Å². The Labute approximate surface area is 112 Å². The molecule has 1 aliphatic rings. The van der Waals surface area contributed by atoms with Crippen molar-refractivity contribution < 1.29 is 4.79 Å². The second-order valence-electron chi connectivity index (χ2n) is 4.65. The summed E-state index contributed by atoms with van der Waals surface area (Å²) in [5.74, 6) is 5.38. The van der Waals surface area contributed by atoms with Crippen molar-refractivity contribution in [1.82, 2.24) is 0 Å². The number of hydrogen-bond acceptors (Lipinski definition) is 1. The van der Waals surface area contributed by atoms with Gasteiger partial charge in [0.15, 0.2) is 0 Å². The summed E-state index contributed by atoms with van der Waals surface area (Å²) >= 11 is 0. The van der Waals surface area contributed by atoms with Gasteiger partial charge in [-0.25, -0.2) is 0 Å². The van der Waals surface area contributed by atoms with Gasteiger partial charge in [-0.05, 0) is 40.8 Å². The van der Waals surface area contributed by atoms with E-state index in [1.165, 1.54) is 22.3 Å². The van der Waals surface area contributed by atoms with Gasteiger partial charge in [-0.3, -0.25) is 4.79 Å². The molecule has 2 aromatic rings. The molecule has 0 saturated carbocycles. The Hall–Kier alpha value is -2.53. The number of amides is 1. The van der Waals surface area contributed by atoms with E-state index in [4.69, 9.17) is 5.73 Å². The van der Waals surface area contributed by atoms with Gasteiger partial charge in [0.05, 0.1) is 6.42 Å². The predicted octanol–water partition coefficient (Wildman–Crippen LogP) is 2.48. The normalized spacial score (nSPS) is 11.2.